The van der Waals surface area contributed by atoms with E-state index in [9.17, 15) is 23.9 Å². The highest BCUT2D eigenvalue weighted by atomic mass is 35.5. The topological polar surface area (TPSA) is 127 Å². The highest BCUT2D eigenvalue weighted by molar-refractivity contribution is 6.33. The molecule has 2 N–H and O–H groups in total. The number of fused-ring (bicyclic) bond motifs is 2. The predicted molar refractivity (Wildman–Crippen MR) is 148 cm³/mol. The van der Waals surface area contributed by atoms with Crippen molar-refractivity contribution in [3.05, 3.63) is 86.0 Å². The van der Waals surface area contributed by atoms with Gasteiger partial charge in [-0.2, -0.15) is 0 Å². The van der Waals surface area contributed by atoms with E-state index in [-0.39, 0.29) is 27.7 Å². The summed E-state index contributed by atoms with van der Waals surface area (Å²) in [5.41, 5.74) is 0.999. The van der Waals surface area contributed by atoms with E-state index >= 15 is 0 Å². The Kier molecular flexibility index (Phi) is 6.70. The van der Waals surface area contributed by atoms with Gasteiger partial charge in [0.2, 0.25) is 5.43 Å². The zero-order chi connectivity index (χ0) is 28.9. The van der Waals surface area contributed by atoms with Gasteiger partial charge in [-0.1, -0.05) is 17.7 Å². The van der Waals surface area contributed by atoms with Crippen LogP contribution in [0.5, 0.6) is 0 Å². The monoisotopic (exact) mass is 565 g/mol. The first-order valence-corrected chi connectivity index (χ1v) is 12.7. The summed E-state index contributed by atoms with van der Waals surface area (Å²) in [4.78, 5) is 48.1. The van der Waals surface area contributed by atoms with Gasteiger partial charge < -0.3 is 14.7 Å². The summed E-state index contributed by atoms with van der Waals surface area (Å²) in [5.74, 6) is -1.18. The number of amides is 1. The number of nitrogens with one attached hydrogen (secondary N) is 1. The fraction of sp³-hybridized carbons (Fsp3) is 0.250. The van der Waals surface area contributed by atoms with Crippen molar-refractivity contribution in [1.82, 2.24) is 14.5 Å². The van der Waals surface area contributed by atoms with Gasteiger partial charge in [0.05, 0.1) is 22.3 Å². The molecule has 4 aromatic rings. The Morgan fingerprint density at radius 2 is 1.88 bits per heavy atom. The Labute approximate surface area is 233 Å². The van der Waals surface area contributed by atoms with Gasteiger partial charge in [0, 0.05) is 19.3 Å². The molecular formula is C28H25ClFN5O5. The van der Waals surface area contributed by atoms with Crippen LogP contribution in [-0.2, 0) is 17.8 Å². The summed E-state index contributed by atoms with van der Waals surface area (Å²) >= 11 is 6.57. The minimum Gasteiger partial charge on any atom is -0.477 e. The lowest BCUT2D eigenvalue weighted by Gasteiger charge is -2.21. The quantitative estimate of drug-likeness (QED) is 0.334. The summed E-state index contributed by atoms with van der Waals surface area (Å²) < 4.78 is 20.5. The Bertz CT molecular complexity index is 1770. The molecule has 4 heterocycles. The molecule has 0 fully saturated rings. The third-order valence-corrected chi connectivity index (χ3v) is 6.58. The number of ether oxygens (including phenoxy) is 1. The van der Waals surface area contributed by atoms with Crippen LogP contribution in [0.4, 0.5) is 20.8 Å². The van der Waals surface area contributed by atoms with E-state index < -0.39 is 28.7 Å². The third kappa shape index (κ3) is 5.20. The second kappa shape index (κ2) is 9.91. The van der Waals surface area contributed by atoms with Gasteiger partial charge in [0.25, 0.3) is 0 Å². The lowest BCUT2D eigenvalue weighted by Crippen LogP contribution is -2.27. The Morgan fingerprint density at radius 1 is 1.15 bits per heavy atom. The molecule has 1 amide bonds. The van der Waals surface area contributed by atoms with Crippen molar-refractivity contribution in [3.63, 3.8) is 0 Å². The number of carbonyl (C=O) groups is 2. The average molecular weight is 566 g/mol. The number of rotatable bonds is 4. The number of aryl methyl sites for hydroxylation is 1. The van der Waals surface area contributed by atoms with E-state index in [0.717, 1.165) is 11.1 Å². The number of aromatic nitrogens is 3. The fourth-order valence-electron chi connectivity index (χ4n) is 4.56. The number of halogens is 2. The number of nitrogens with zero attached hydrogens (tertiary/aromatic N) is 4. The predicted octanol–water partition coefficient (Wildman–Crippen LogP) is 5.45. The highest BCUT2D eigenvalue weighted by Gasteiger charge is 2.26. The molecule has 12 heteroatoms. The van der Waals surface area contributed by atoms with E-state index in [1.807, 2.05) is 4.90 Å². The molecule has 0 atom stereocenters. The first-order chi connectivity index (χ1) is 18.8. The van der Waals surface area contributed by atoms with E-state index in [1.165, 1.54) is 35.2 Å². The maximum Gasteiger partial charge on any atom is 0.413 e. The first-order valence-electron chi connectivity index (χ1n) is 12.3. The summed E-state index contributed by atoms with van der Waals surface area (Å²) in [6.07, 6.45) is 1.94. The zero-order valence-electron chi connectivity index (χ0n) is 22.1. The standard InChI is InChI=1S/C28H25ClFN5O5/c1-14-7-22(32-27(39)40-28(2,3)4)31-10-21(14)35-13-19(26(37)38)23(36)18-9-20(29)25(33-24(18)35)34-11-15-5-6-17(30)8-16(15)12-34/h5-10,13H,11-12H2,1-4H3,(H,37,38)(H,31,32,39). The molecule has 0 saturated heterocycles. The number of pyridine rings is 3. The fourth-order valence-corrected chi connectivity index (χ4v) is 4.83. The average Bonchev–Trinajstić information content (AvgIpc) is 3.26. The SMILES string of the molecule is Cc1cc(NC(=O)OC(C)(C)C)ncc1-n1cc(C(=O)O)c(=O)c2cc(Cl)c(N3Cc4ccc(F)cc4C3)nc21. The summed E-state index contributed by atoms with van der Waals surface area (Å²) in [5, 5.41) is 12.5. The van der Waals surface area contributed by atoms with Crippen LogP contribution in [0.25, 0.3) is 16.7 Å². The van der Waals surface area contributed by atoms with Crippen LogP contribution in [0.1, 0.15) is 47.8 Å². The van der Waals surface area contributed by atoms with Gasteiger partial charge in [-0.15, -0.1) is 0 Å². The van der Waals surface area contributed by atoms with Gasteiger partial charge in [-0.05, 0) is 68.7 Å². The number of aromatic carboxylic acids is 1. The number of carboxylic acid groups (broad SMARTS) is 1. The summed E-state index contributed by atoms with van der Waals surface area (Å²) in [7, 11) is 0. The molecular weight excluding hydrogens is 541 g/mol. The Balaban J connectivity index is 1.61. The minimum atomic E-state index is -1.41. The van der Waals surface area contributed by atoms with Crippen molar-refractivity contribution in [2.75, 3.05) is 10.2 Å². The van der Waals surface area contributed by atoms with Crippen molar-refractivity contribution in [2.45, 2.75) is 46.4 Å². The van der Waals surface area contributed by atoms with Crippen LogP contribution in [0.2, 0.25) is 5.02 Å². The van der Waals surface area contributed by atoms with Gasteiger partial charge in [-0.25, -0.2) is 23.9 Å². The van der Waals surface area contributed by atoms with Gasteiger partial charge in [0.1, 0.15) is 22.8 Å². The van der Waals surface area contributed by atoms with Crippen LogP contribution in [0.15, 0.2) is 47.5 Å². The van der Waals surface area contributed by atoms with E-state index in [2.05, 4.69) is 10.3 Å². The maximum absolute atomic E-state index is 13.8. The molecule has 0 aliphatic carbocycles. The van der Waals surface area contributed by atoms with Crippen molar-refractivity contribution in [1.29, 1.82) is 0 Å². The molecule has 0 radical (unpaired) electrons. The van der Waals surface area contributed by atoms with Gasteiger partial charge in [0.15, 0.2) is 11.5 Å². The number of hydrogen-bond donors (Lipinski definition) is 2. The zero-order valence-corrected chi connectivity index (χ0v) is 22.8. The smallest absolute Gasteiger partial charge is 0.413 e. The highest BCUT2D eigenvalue weighted by Crippen LogP contribution is 2.34. The van der Waals surface area contributed by atoms with Crippen molar-refractivity contribution >= 4 is 46.3 Å². The molecule has 40 heavy (non-hydrogen) atoms. The van der Waals surface area contributed by atoms with E-state index in [4.69, 9.17) is 21.3 Å². The number of benzene rings is 1. The van der Waals surface area contributed by atoms with Crippen LogP contribution in [0, 0.1) is 12.7 Å². The molecule has 5 rings (SSSR count). The first kappa shape index (κ1) is 27.1. The molecule has 1 aromatic carbocycles. The molecule has 3 aromatic heterocycles. The van der Waals surface area contributed by atoms with Gasteiger partial charge in [-0.3, -0.25) is 14.7 Å². The number of hydrogen-bond acceptors (Lipinski definition) is 7. The van der Waals surface area contributed by atoms with Crippen LogP contribution < -0.4 is 15.6 Å². The Hall–Kier alpha value is -4.51. The van der Waals surface area contributed by atoms with E-state index in [0.29, 0.717) is 30.2 Å². The maximum atomic E-state index is 13.8. The number of anilines is 2. The molecule has 1 aliphatic heterocycles. The lowest BCUT2D eigenvalue weighted by molar-refractivity contribution is 0.0633. The molecule has 206 valence electrons. The second-order valence-electron chi connectivity index (χ2n) is 10.5. The molecule has 0 spiro atoms. The van der Waals surface area contributed by atoms with Gasteiger partial charge >= 0.3 is 12.1 Å². The van der Waals surface area contributed by atoms with E-state index in [1.54, 1.807) is 39.8 Å². The molecule has 10 nitrogen and oxygen atoms in total. The lowest BCUT2D eigenvalue weighted by atomic mass is 10.1. The van der Waals surface area contributed by atoms with Crippen LogP contribution in [0.3, 0.4) is 0 Å². The molecule has 1 aliphatic rings. The Morgan fingerprint density at radius 3 is 2.55 bits per heavy atom. The molecule has 0 unspecified atom stereocenters. The summed E-state index contributed by atoms with van der Waals surface area (Å²) in [6.45, 7) is 7.74. The van der Waals surface area contributed by atoms with Crippen molar-refractivity contribution in [3.8, 4) is 5.69 Å². The minimum absolute atomic E-state index is 0.00626. The number of carboxylic acids is 1. The number of carbonyl (C=O) groups excluding carboxylic acids is 1. The van der Waals surface area contributed by atoms with Crippen LogP contribution >= 0.6 is 11.6 Å². The molecule has 0 bridgehead atoms. The van der Waals surface area contributed by atoms with Crippen molar-refractivity contribution in [2.24, 2.45) is 0 Å². The summed E-state index contributed by atoms with van der Waals surface area (Å²) in [6, 6.07) is 7.54. The third-order valence-electron chi connectivity index (χ3n) is 6.31. The van der Waals surface area contributed by atoms with Crippen molar-refractivity contribution < 1.29 is 23.8 Å². The molecule has 0 saturated carbocycles. The normalized spacial score (nSPS) is 12.9. The van der Waals surface area contributed by atoms with Crippen LogP contribution in [-0.4, -0.2) is 37.3 Å². The largest absolute Gasteiger partial charge is 0.477 e. The second-order valence-corrected chi connectivity index (χ2v) is 10.9.